The zero-order valence-corrected chi connectivity index (χ0v) is 9.86. The molecule has 0 saturated carbocycles. The maximum absolute atomic E-state index is 11.5. The Morgan fingerprint density at radius 1 is 1.50 bits per heavy atom. The first-order valence-electron chi connectivity index (χ1n) is 4.88. The Morgan fingerprint density at radius 3 is 2.50 bits per heavy atom. The number of amides is 1. The summed E-state index contributed by atoms with van der Waals surface area (Å²) in [5.74, 6) is 0.284. The number of hydrogen-bond donors (Lipinski definition) is 1. The predicted molar refractivity (Wildman–Crippen MR) is 60.0 cm³/mol. The van der Waals surface area contributed by atoms with Gasteiger partial charge >= 0.3 is 0 Å². The fourth-order valence-corrected chi connectivity index (χ4v) is 1.82. The minimum absolute atomic E-state index is 0.129. The second-order valence-electron chi connectivity index (χ2n) is 3.16. The topological polar surface area (TPSA) is 52.9 Å². The molecule has 0 rings (SSSR count). The molecule has 0 aromatic carbocycles. The van der Waals surface area contributed by atoms with Crippen LogP contribution in [-0.4, -0.2) is 24.0 Å². The number of hydrogen-bond acceptors (Lipinski definition) is 3. The summed E-state index contributed by atoms with van der Waals surface area (Å²) >= 11 is 1.71. The van der Waals surface area contributed by atoms with E-state index in [-0.39, 0.29) is 11.9 Å². The number of thioether (sulfide) groups is 1. The standard InChI is InChI=1S/C10H18N2OS/c1-4-8(6-11)10(13)12-9(5-2)7-14-3/h8-9H,4-5,7H2,1-3H3,(H,12,13). The number of carbonyl (C=O) groups excluding carboxylic acids is 1. The average molecular weight is 214 g/mol. The molecule has 0 aromatic rings. The van der Waals surface area contributed by atoms with Crippen LogP contribution in [0.1, 0.15) is 26.7 Å². The average Bonchev–Trinajstić information content (AvgIpc) is 2.19. The van der Waals surface area contributed by atoms with Crippen LogP contribution in [0.2, 0.25) is 0 Å². The van der Waals surface area contributed by atoms with Crippen molar-refractivity contribution in [2.75, 3.05) is 12.0 Å². The van der Waals surface area contributed by atoms with Crippen LogP contribution in [0.5, 0.6) is 0 Å². The summed E-state index contributed by atoms with van der Waals surface area (Å²) < 4.78 is 0. The largest absolute Gasteiger partial charge is 0.351 e. The summed E-state index contributed by atoms with van der Waals surface area (Å²) in [6, 6.07) is 2.20. The van der Waals surface area contributed by atoms with E-state index >= 15 is 0 Å². The summed E-state index contributed by atoms with van der Waals surface area (Å²) in [5.41, 5.74) is 0. The van der Waals surface area contributed by atoms with Crippen LogP contribution >= 0.6 is 11.8 Å². The summed E-state index contributed by atoms with van der Waals surface area (Å²) in [4.78, 5) is 11.5. The van der Waals surface area contributed by atoms with E-state index in [1.807, 2.05) is 26.2 Å². The molecule has 0 aliphatic rings. The maximum Gasteiger partial charge on any atom is 0.237 e. The molecule has 1 N–H and O–H groups in total. The molecule has 1 amide bonds. The molecule has 0 aliphatic heterocycles. The Labute approximate surface area is 90.3 Å². The van der Waals surface area contributed by atoms with Crippen LogP contribution in [0, 0.1) is 17.2 Å². The van der Waals surface area contributed by atoms with Gasteiger partial charge in [-0.2, -0.15) is 17.0 Å². The van der Waals surface area contributed by atoms with Crippen molar-refractivity contribution in [3.05, 3.63) is 0 Å². The molecular formula is C10H18N2OS. The van der Waals surface area contributed by atoms with Gasteiger partial charge in [0.15, 0.2) is 0 Å². The van der Waals surface area contributed by atoms with Crippen molar-refractivity contribution >= 4 is 17.7 Å². The van der Waals surface area contributed by atoms with Gasteiger partial charge in [-0.15, -0.1) is 0 Å². The first kappa shape index (κ1) is 13.3. The van der Waals surface area contributed by atoms with Gasteiger partial charge in [-0.1, -0.05) is 13.8 Å². The van der Waals surface area contributed by atoms with Gasteiger partial charge in [0.05, 0.1) is 6.07 Å². The van der Waals surface area contributed by atoms with Crippen molar-refractivity contribution in [1.29, 1.82) is 5.26 Å². The van der Waals surface area contributed by atoms with Gasteiger partial charge in [-0.25, -0.2) is 0 Å². The lowest BCUT2D eigenvalue weighted by Crippen LogP contribution is -2.39. The summed E-state index contributed by atoms with van der Waals surface area (Å²) in [7, 11) is 0. The summed E-state index contributed by atoms with van der Waals surface area (Å²) in [6.45, 7) is 3.89. The zero-order valence-electron chi connectivity index (χ0n) is 9.04. The Kier molecular flexibility index (Phi) is 7.31. The van der Waals surface area contributed by atoms with Gasteiger partial charge in [-0.3, -0.25) is 4.79 Å². The van der Waals surface area contributed by atoms with Gasteiger partial charge < -0.3 is 5.32 Å². The normalized spacial score (nSPS) is 14.1. The van der Waals surface area contributed by atoms with Crippen molar-refractivity contribution in [2.45, 2.75) is 32.7 Å². The van der Waals surface area contributed by atoms with E-state index in [0.717, 1.165) is 12.2 Å². The molecule has 4 heteroatoms. The third kappa shape index (κ3) is 4.52. The van der Waals surface area contributed by atoms with E-state index in [1.165, 1.54) is 0 Å². The monoisotopic (exact) mass is 214 g/mol. The van der Waals surface area contributed by atoms with E-state index < -0.39 is 5.92 Å². The first-order chi connectivity index (χ1) is 6.69. The first-order valence-corrected chi connectivity index (χ1v) is 6.27. The summed E-state index contributed by atoms with van der Waals surface area (Å²) in [5, 5.41) is 11.6. The molecule has 0 bridgehead atoms. The zero-order chi connectivity index (χ0) is 11.0. The van der Waals surface area contributed by atoms with Crippen LogP contribution in [0.15, 0.2) is 0 Å². The van der Waals surface area contributed by atoms with Gasteiger partial charge in [0.2, 0.25) is 5.91 Å². The number of nitriles is 1. The maximum atomic E-state index is 11.5. The van der Waals surface area contributed by atoms with Crippen molar-refractivity contribution < 1.29 is 4.79 Å². The quantitative estimate of drug-likeness (QED) is 0.733. The molecule has 0 heterocycles. The highest BCUT2D eigenvalue weighted by molar-refractivity contribution is 7.98. The van der Waals surface area contributed by atoms with E-state index in [1.54, 1.807) is 11.8 Å². The van der Waals surface area contributed by atoms with E-state index in [2.05, 4.69) is 5.32 Å². The number of rotatable bonds is 6. The molecular weight excluding hydrogens is 196 g/mol. The highest BCUT2D eigenvalue weighted by Crippen LogP contribution is 2.05. The predicted octanol–water partition coefficient (Wildman–Crippen LogP) is 1.79. The van der Waals surface area contributed by atoms with Gasteiger partial charge in [0, 0.05) is 11.8 Å². The van der Waals surface area contributed by atoms with Crippen LogP contribution in [0.4, 0.5) is 0 Å². The molecule has 14 heavy (non-hydrogen) atoms. The lowest BCUT2D eigenvalue weighted by atomic mass is 10.1. The molecule has 0 fully saturated rings. The number of carbonyl (C=O) groups is 1. The molecule has 0 aliphatic carbocycles. The molecule has 0 aromatic heterocycles. The Morgan fingerprint density at radius 2 is 2.14 bits per heavy atom. The third-order valence-corrected chi connectivity index (χ3v) is 2.82. The fourth-order valence-electron chi connectivity index (χ4n) is 1.10. The van der Waals surface area contributed by atoms with Crippen molar-refractivity contribution in [3.8, 4) is 6.07 Å². The van der Waals surface area contributed by atoms with Crippen molar-refractivity contribution in [1.82, 2.24) is 5.32 Å². The van der Waals surface area contributed by atoms with E-state index in [9.17, 15) is 4.79 Å². The Balaban J connectivity index is 4.08. The molecule has 80 valence electrons. The van der Waals surface area contributed by atoms with Crippen LogP contribution in [-0.2, 0) is 4.79 Å². The molecule has 2 atom stereocenters. The molecule has 0 spiro atoms. The van der Waals surface area contributed by atoms with Crippen LogP contribution in [0.3, 0.4) is 0 Å². The Bertz CT molecular complexity index is 213. The molecule has 2 unspecified atom stereocenters. The summed E-state index contributed by atoms with van der Waals surface area (Å²) in [6.07, 6.45) is 3.50. The van der Waals surface area contributed by atoms with Gasteiger partial charge in [0.1, 0.15) is 5.92 Å². The fraction of sp³-hybridized carbons (Fsp3) is 0.800. The van der Waals surface area contributed by atoms with E-state index in [4.69, 9.17) is 5.26 Å². The van der Waals surface area contributed by atoms with Crippen LogP contribution in [0.25, 0.3) is 0 Å². The smallest absolute Gasteiger partial charge is 0.237 e. The third-order valence-electron chi connectivity index (χ3n) is 2.09. The minimum Gasteiger partial charge on any atom is -0.351 e. The second kappa shape index (κ2) is 7.69. The van der Waals surface area contributed by atoms with Gasteiger partial charge in [-0.05, 0) is 19.1 Å². The van der Waals surface area contributed by atoms with Crippen molar-refractivity contribution in [3.63, 3.8) is 0 Å². The number of nitrogens with one attached hydrogen (secondary N) is 1. The lowest BCUT2D eigenvalue weighted by molar-refractivity contribution is -0.124. The molecule has 3 nitrogen and oxygen atoms in total. The van der Waals surface area contributed by atoms with E-state index in [0.29, 0.717) is 6.42 Å². The molecule has 0 saturated heterocycles. The van der Waals surface area contributed by atoms with Crippen molar-refractivity contribution in [2.24, 2.45) is 5.92 Å². The van der Waals surface area contributed by atoms with Crippen LogP contribution < -0.4 is 5.32 Å². The Hall–Kier alpha value is -0.690. The SMILES string of the molecule is CCC(CSC)NC(=O)C(C#N)CC. The highest BCUT2D eigenvalue weighted by Gasteiger charge is 2.18. The minimum atomic E-state index is -0.495. The van der Waals surface area contributed by atoms with Gasteiger partial charge in [0.25, 0.3) is 0 Å². The number of nitrogens with zero attached hydrogens (tertiary/aromatic N) is 1. The highest BCUT2D eigenvalue weighted by atomic mass is 32.2. The second-order valence-corrected chi connectivity index (χ2v) is 4.07. The molecule has 0 radical (unpaired) electrons. The lowest BCUT2D eigenvalue weighted by Gasteiger charge is -2.17.